The molecule has 2 N–H and O–H groups in total. The number of anilines is 1. The number of carbonyl (C=O) groups excluding carboxylic acids is 1. The van der Waals surface area contributed by atoms with Gasteiger partial charge in [-0.15, -0.1) is 11.3 Å². The lowest BCUT2D eigenvalue weighted by Crippen LogP contribution is -2.46. The van der Waals surface area contributed by atoms with Crippen molar-refractivity contribution >= 4 is 33.4 Å². The van der Waals surface area contributed by atoms with Crippen LogP contribution in [-0.2, 0) is 4.79 Å². The van der Waals surface area contributed by atoms with Crippen LogP contribution in [0.1, 0.15) is 33.1 Å². The molecular formula is C22H26N4O2S. The summed E-state index contributed by atoms with van der Waals surface area (Å²) in [6, 6.07) is 10.2. The largest absolute Gasteiger partial charge is 0.353 e. The predicted molar refractivity (Wildman–Crippen MR) is 119 cm³/mol. The maximum atomic E-state index is 12.7. The SMILES string of the molecule is CC[C@@H](C)NC(=O)[C@@H]1CCCN(c2nc3c(-c4ccccc4)csc3c(=O)[nH]2)C1. The fraction of sp³-hybridized carbons (Fsp3) is 0.409. The second-order valence-corrected chi connectivity index (χ2v) is 8.57. The number of aromatic amines is 1. The van der Waals surface area contributed by atoms with E-state index in [0.29, 0.717) is 17.2 Å². The Morgan fingerprint density at radius 2 is 2.17 bits per heavy atom. The molecule has 0 saturated carbocycles. The second-order valence-electron chi connectivity index (χ2n) is 7.69. The first kappa shape index (κ1) is 19.6. The lowest BCUT2D eigenvalue weighted by Gasteiger charge is -2.32. The van der Waals surface area contributed by atoms with Crippen molar-refractivity contribution in [3.8, 4) is 11.1 Å². The summed E-state index contributed by atoms with van der Waals surface area (Å²) in [6.45, 7) is 5.44. The maximum Gasteiger partial charge on any atom is 0.270 e. The Kier molecular flexibility index (Phi) is 5.67. The smallest absolute Gasteiger partial charge is 0.270 e. The van der Waals surface area contributed by atoms with Gasteiger partial charge in [0.2, 0.25) is 11.9 Å². The summed E-state index contributed by atoms with van der Waals surface area (Å²) in [5.74, 6) is 0.557. The average Bonchev–Trinajstić information content (AvgIpc) is 3.19. The van der Waals surface area contributed by atoms with Gasteiger partial charge in [0.05, 0.1) is 11.4 Å². The molecule has 1 aliphatic heterocycles. The number of aromatic nitrogens is 2. The molecule has 3 aromatic rings. The molecule has 1 aromatic carbocycles. The molecule has 0 spiro atoms. The minimum absolute atomic E-state index is 0.0881. The van der Waals surface area contributed by atoms with Crippen LogP contribution in [-0.4, -0.2) is 35.0 Å². The Hall–Kier alpha value is -2.67. The summed E-state index contributed by atoms with van der Waals surface area (Å²) in [5, 5.41) is 5.07. The minimum Gasteiger partial charge on any atom is -0.353 e. The number of rotatable bonds is 5. The van der Waals surface area contributed by atoms with Gasteiger partial charge < -0.3 is 10.2 Å². The van der Waals surface area contributed by atoms with Crippen LogP contribution in [0.5, 0.6) is 0 Å². The number of H-pyrrole nitrogens is 1. The van der Waals surface area contributed by atoms with Gasteiger partial charge in [-0.25, -0.2) is 4.98 Å². The quantitative estimate of drug-likeness (QED) is 0.671. The molecule has 0 unspecified atom stereocenters. The lowest BCUT2D eigenvalue weighted by atomic mass is 9.97. The van der Waals surface area contributed by atoms with E-state index < -0.39 is 0 Å². The van der Waals surface area contributed by atoms with E-state index in [9.17, 15) is 9.59 Å². The second kappa shape index (κ2) is 8.37. The predicted octanol–water partition coefficient (Wildman–Crippen LogP) is 3.78. The van der Waals surface area contributed by atoms with Crippen molar-refractivity contribution in [3.05, 3.63) is 46.1 Å². The third-order valence-corrected chi connectivity index (χ3v) is 6.56. The van der Waals surface area contributed by atoms with Gasteiger partial charge in [0.1, 0.15) is 4.70 Å². The van der Waals surface area contributed by atoms with E-state index in [1.165, 1.54) is 11.3 Å². The van der Waals surface area contributed by atoms with Crippen molar-refractivity contribution in [3.63, 3.8) is 0 Å². The Morgan fingerprint density at radius 3 is 2.93 bits per heavy atom. The van der Waals surface area contributed by atoms with Crippen molar-refractivity contribution in [2.75, 3.05) is 18.0 Å². The van der Waals surface area contributed by atoms with Gasteiger partial charge in [-0.2, -0.15) is 0 Å². The minimum atomic E-state index is -0.122. The highest BCUT2D eigenvalue weighted by atomic mass is 32.1. The number of piperidine rings is 1. The number of fused-ring (bicyclic) bond motifs is 1. The first-order valence-electron chi connectivity index (χ1n) is 10.2. The van der Waals surface area contributed by atoms with E-state index in [-0.39, 0.29) is 23.4 Å². The van der Waals surface area contributed by atoms with Crippen LogP contribution in [0, 0.1) is 5.92 Å². The first-order valence-corrected chi connectivity index (χ1v) is 11.1. The van der Waals surface area contributed by atoms with E-state index in [4.69, 9.17) is 4.98 Å². The van der Waals surface area contributed by atoms with Crippen molar-refractivity contribution in [2.45, 2.75) is 39.2 Å². The van der Waals surface area contributed by atoms with Crippen molar-refractivity contribution in [2.24, 2.45) is 5.92 Å². The molecule has 1 aliphatic rings. The number of carbonyl (C=O) groups is 1. The summed E-state index contributed by atoms with van der Waals surface area (Å²) in [4.78, 5) is 35.1. The monoisotopic (exact) mass is 410 g/mol. The van der Waals surface area contributed by atoms with Gasteiger partial charge in [-0.1, -0.05) is 37.3 Å². The van der Waals surface area contributed by atoms with Gasteiger partial charge >= 0.3 is 0 Å². The molecule has 29 heavy (non-hydrogen) atoms. The highest BCUT2D eigenvalue weighted by Gasteiger charge is 2.28. The van der Waals surface area contributed by atoms with Crippen LogP contribution >= 0.6 is 11.3 Å². The lowest BCUT2D eigenvalue weighted by molar-refractivity contribution is -0.125. The molecule has 1 amide bonds. The number of benzene rings is 1. The number of nitrogens with one attached hydrogen (secondary N) is 2. The van der Waals surface area contributed by atoms with Crippen LogP contribution in [0.2, 0.25) is 0 Å². The van der Waals surface area contributed by atoms with Crippen LogP contribution in [0.15, 0.2) is 40.5 Å². The van der Waals surface area contributed by atoms with Gasteiger partial charge in [0.25, 0.3) is 5.56 Å². The molecule has 4 rings (SSSR count). The number of nitrogens with zero attached hydrogens (tertiary/aromatic N) is 2. The van der Waals surface area contributed by atoms with Gasteiger partial charge in [0.15, 0.2) is 0 Å². The Bertz CT molecular complexity index is 1060. The zero-order valence-electron chi connectivity index (χ0n) is 16.8. The molecule has 1 saturated heterocycles. The van der Waals surface area contributed by atoms with Crippen LogP contribution in [0.25, 0.3) is 21.3 Å². The summed E-state index contributed by atoms with van der Waals surface area (Å²) in [7, 11) is 0. The summed E-state index contributed by atoms with van der Waals surface area (Å²) in [6.07, 6.45) is 2.67. The van der Waals surface area contributed by atoms with Crippen molar-refractivity contribution in [1.82, 2.24) is 15.3 Å². The molecular weight excluding hydrogens is 384 g/mol. The Morgan fingerprint density at radius 1 is 1.38 bits per heavy atom. The van der Waals surface area contributed by atoms with Crippen LogP contribution in [0.3, 0.4) is 0 Å². The van der Waals surface area contributed by atoms with E-state index in [0.717, 1.165) is 42.5 Å². The average molecular weight is 411 g/mol. The van der Waals surface area contributed by atoms with Crippen molar-refractivity contribution < 1.29 is 4.79 Å². The van der Waals surface area contributed by atoms with E-state index >= 15 is 0 Å². The Balaban J connectivity index is 1.64. The number of thiophene rings is 1. The summed E-state index contributed by atoms with van der Waals surface area (Å²) < 4.78 is 0.635. The molecule has 7 heteroatoms. The van der Waals surface area contributed by atoms with Gasteiger partial charge in [-0.05, 0) is 31.7 Å². The number of amides is 1. The van der Waals surface area contributed by atoms with Crippen LogP contribution in [0.4, 0.5) is 5.95 Å². The fourth-order valence-corrected chi connectivity index (χ4v) is 4.64. The molecule has 6 nitrogen and oxygen atoms in total. The van der Waals surface area contributed by atoms with E-state index in [2.05, 4.69) is 17.2 Å². The van der Waals surface area contributed by atoms with Gasteiger partial charge in [0, 0.05) is 30.1 Å². The molecule has 3 heterocycles. The molecule has 1 fully saturated rings. The standard InChI is InChI=1S/C22H26N4O2S/c1-3-14(2)23-20(27)16-10-7-11-26(12-16)22-24-18-17(15-8-5-4-6-9-15)13-29-19(18)21(28)25-22/h4-6,8-9,13-14,16H,3,7,10-12H2,1-2H3,(H,23,27)(H,24,25,28)/t14-,16-/m1/s1. The topological polar surface area (TPSA) is 78.1 Å². The highest BCUT2D eigenvalue weighted by Crippen LogP contribution is 2.32. The first-order chi connectivity index (χ1) is 14.1. The van der Waals surface area contributed by atoms with E-state index in [1.54, 1.807) is 0 Å². The third kappa shape index (κ3) is 4.05. The number of hydrogen-bond donors (Lipinski definition) is 2. The van der Waals surface area contributed by atoms with E-state index in [1.807, 2.05) is 47.5 Å². The number of hydrogen-bond acceptors (Lipinski definition) is 5. The molecule has 2 atom stereocenters. The normalized spacial score (nSPS) is 18.0. The molecule has 0 radical (unpaired) electrons. The highest BCUT2D eigenvalue weighted by molar-refractivity contribution is 7.17. The third-order valence-electron chi connectivity index (χ3n) is 5.59. The zero-order valence-corrected chi connectivity index (χ0v) is 17.6. The van der Waals surface area contributed by atoms with Crippen molar-refractivity contribution in [1.29, 1.82) is 0 Å². The zero-order chi connectivity index (χ0) is 20.4. The Labute approximate surface area is 174 Å². The van der Waals surface area contributed by atoms with Crippen LogP contribution < -0.4 is 15.8 Å². The summed E-state index contributed by atoms with van der Waals surface area (Å²) >= 11 is 1.42. The molecule has 0 aliphatic carbocycles. The maximum absolute atomic E-state index is 12.7. The molecule has 2 aromatic heterocycles. The summed E-state index contributed by atoms with van der Waals surface area (Å²) in [5.41, 5.74) is 2.63. The van der Waals surface area contributed by atoms with Gasteiger partial charge in [-0.3, -0.25) is 14.6 Å². The molecule has 0 bridgehead atoms. The molecule has 152 valence electrons. The fourth-order valence-electron chi connectivity index (χ4n) is 3.73.